The molecule has 252 valence electrons. The standard InChI is InChI=1S/C36H32ClF2N5O5/c1-36(24-9-8-23(37)15-25(24)38)48-31-7-3-6-27(34(31)49-36)43-12-11-42(29-19-47-20-30(29)43)18-32-41-33-26(39)13-22(35(45)46-2)14-28(33)44(32)17-21-5-4-10-40-16-21/h3-10,13-16,29-30H,11-12,17-20H2,1-2H3/t29-,30+,36-/m1/s1. The fraction of sp³-hybridized carbons (Fsp3) is 0.306. The number of nitrogens with zero attached hydrogens (tertiary/aromatic N) is 5. The molecule has 5 heterocycles. The maximum absolute atomic E-state index is 15.4. The number of hydrogen-bond acceptors (Lipinski definition) is 9. The van der Waals surface area contributed by atoms with Gasteiger partial charge in [0.25, 0.3) is 5.79 Å². The van der Waals surface area contributed by atoms with Crippen LogP contribution in [0.4, 0.5) is 14.5 Å². The largest absolute Gasteiger partial charge is 0.465 e. The van der Waals surface area contributed by atoms with Gasteiger partial charge in [0.2, 0.25) is 0 Å². The van der Waals surface area contributed by atoms with Crippen molar-refractivity contribution in [2.75, 3.05) is 38.3 Å². The van der Waals surface area contributed by atoms with E-state index in [1.54, 1.807) is 37.5 Å². The summed E-state index contributed by atoms with van der Waals surface area (Å²) in [6.07, 6.45) is 3.45. The first-order chi connectivity index (χ1) is 23.7. The Kier molecular flexibility index (Phi) is 7.89. The molecule has 49 heavy (non-hydrogen) atoms. The highest BCUT2D eigenvalue weighted by atomic mass is 35.5. The van der Waals surface area contributed by atoms with Crippen LogP contribution < -0.4 is 14.4 Å². The van der Waals surface area contributed by atoms with Gasteiger partial charge in [0.1, 0.15) is 17.2 Å². The molecule has 3 aromatic carbocycles. The zero-order valence-corrected chi connectivity index (χ0v) is 27.5. The maximum atomic E-state index is 15.4. The lowest BCUT2D eigenvalue weighted by Crippen LogP contribution is -2.59. The Bertz CT molecular complexity index is 2080. The predicted molar refractivity (Wildman–Crippen MR) is 177 cm³/mol. The van der Waals surface area contributed by atoms with Crippen LogP contribution in [-0.2, 0) is 28.4 Å². The van der Waals surface area contributed by atoms with Gasteiger partial charge in [0, 0.05) is 37.4 Å². The highest BCUT2D eigenvalue weighted by Crippen LogP contribution is 2.51. The molecule has 13 heteroatoms. The van der Waals surface area contributed by atoms with Crippen LogP contribution in [0.15, 0.2) is 73.1 Å². The Morgan fingerprint density at radius 2 is 1.88 bits per heavy atom. The zero-order valence-electron chi connectivity index (χ0n) is 26.7. The molecule has 0 bridgehead atoms. The van der Waals surface area contributed by atoms with E-state index < -0.39 is 23.4 Å². The van der Waals surface area contributed by atoms with E-state index in [-0.39, 0.29) is 33.7 Å². The average Bonchev–Trinajstić information content (AvgIpc) is 3.81. The second-order valence-electron chi connectivity index (χ2n) is 12.5. The van der Waals surface area contributed by atoms with Gasteiger partial charge in [0.15, 0.2) is 17.3 Å². The van der Waals surface area contributed by atoms with Crippen molar-refractivity contribution in [1.29, 1.82) is 0 Å². The number of carbonyl (C=O) groups is 1. The molecule has 0 saturated carbocycles. The summed E-state index contributed by atoms with van der Waals surface area (Å²) in [6.45, 7) is 4.74. The smallest absolute Gasteiger partial charge is 0.338 e. The number of benzene rings is 3. The van der Waals surface area contributed by atoms with Gasteiger partial charge < -0.3 is 28.4 Å². The van der Waals surface area contributed by atoms with Crippen molar-refractivity contribution in [3.63, 3.8) is 0 Å². The van der Waals surface area contributed by atoms with Crippen LogP contribution in [0.25, 0.3) is 11.0 Å². The number of methoxy groups -OCH3 is 1. The van der Waals surface area contributed by atoms with Crippen molar-refractivity contribution >= 4 is 34.3 Å². The molecule has 3 aliphatic heterocycles. The molecular formula is C36H32ClF2N5O5. The molecule has 3 aliphatic rings. The minimum Gasteiger partial charge on any atom is -0.465 e. The highest BCUT2D eigenvalue weighted by Gasteiger charge is 2.46. The molecule has 0 N–H and O–H groups in total. The summed E-state index contributed by atoms with van der Waals surface area (Å²) in [5.74, 6) is -1.41. The van der Waals surface area contributed by atoms with Gasteiger partial charge in [-0.2, -0.15) is 0 Å². The predicted octanol–water partition coefficient (Wildman–Crippen LogP) is 5.93. The third kappa shape index (κ3) is 5.53. The van der Waals surface area contributed by atoms with Crippen LogP contribution >= 0.6 is 11.6 Å². The van der Waals surface area contributed by atoms with Gasteiger partial charge >= 0.3 is 5.97 Å². The Morgan fingerprint density at radius 1 is 1.02 bits per heavy atom. The lowest BCUT2D eigenvalue weighted by Gasteiger charge is -2.44. The number of ether oxygens (including phenoxy) is 4. The van der Waals surface area contributed by atoms with Crippen LogP contribution in [0.3, 0.4) is 0 Å². The fourth-order valence-electron chi connectivity index (χ4n) is 7.17. The van der Waals surface area contributed by atoms with Gasteiger partial charge in [0.05, 0.1) is 67.8 Å². The van der Waals surface area contributed by atoms with Crippen LogP contribution in [0.2, 0.25) is 5.02 Å². The third-order valence-electron chi connectivity index (χ3n) is 9.52. The van der Waals surface area contributed by atoms with E-state index in [4.69, 9.17) is 35.5 Å². The number of pyridine rings is 1. The van der Waals surface area contributed by atoms with Crippen LogP contribution in [0, 0.1) is 11.6 Å². The number of rotatable bonds is 7. The molecular weight excluding hydrogens is 656 g/mol. The first-order valence-corrected chi connectivity index (χ1v) is 16.3. The Balaban J connectivity index is 1.10. The summed E-state index contributed by atoms with van der Waals surface area (Å²) >= 11 is 6.01. The Morgan fingerprint density at radius 3 is 2.67 bits per heavy atom. The second kappa shape index (κ2) is 12.3. The van der Waals surface area contributed by atoms with E-state index in [0.717, 1.165) is 17.3 Å². The van der Waals surface area contributed by atoms with E-state index in [0.29, 0.717) is 62.2 Å². The molecule has 0 amide bonds. The summed E-state index contributed by atoms with van der Waals surface area (Å²) in [5.41, 5.74) is 2.77. The van der Waals surface area contributed by atoms with E-state index in [9.17, 15) is 4.79 Å². The summed E-state index contributed by atoms with van der Waals surface area (Å²) in [6, 6.07) is 16.6. The van der Waals surface area contributed by atoms with E-state index >= 15 is 8.78 Å². The minimum atomic E-state index is -1.38. The number of piperazine rings is 1. The number of fused-ring (bicyclic) bond motifs is 3. The first-order valence-electron chi connectivity index (χ1n) is 15.9. The lowest BCUT2D eigenvalue weighted by molar-refractivity contribution is -0.0705. The molecule has 0 unspecified atom stereocenters. The lowest BCUT2D eigenvalue weighted by atomic mass is 10.0. The monoisotopic (exact) mass is 687 g/mol. The molecule has 10 nitrogen and oxygen atoms in total. The van der Waals surface area contributed by atoms with Gasteiger partial charge in [-0.05, 0) is 54.1 Å². The summed E-state index contributed by atoms with van der Waals surface area (Å²) in [5, 5.41) is 0.287. The van der Waals surface area contributed by atoms with Gasteiger partial charge in [-0.15, -0.1) is 0 Å². The van der Waals surface area contributed by atoms with Gasteiger partial charge in [-0.25, -0.2) is 18.6 Å². The SMILES string of the molecule is COC(=O)c1cc(F)c2nc(CN3CCN(c4cccc5c4O[C@](C)(c4ccc(Cl)cc4F)O5)[C@H]4COC[C@H]43)n(Cc3cccnc3)c2c1. The molecule has 0 radical (unpaired) electrons. The van der Waals surface area contributed by atoms with E-state index in [1.165, 1.54) is 13.2 Å². The maximum Gasteiger partial charge on any atom is 0.338 e. The number of aromatic nitrogens is 3. The number of carbonyl (C=O) groups excluding carboxylic acids is 1. The molecule has 0 aliphatic carbocycles. The van der Waals surface area contributed by atoms with Crippen molar-refractivity contribution in [3.8, 4) is 11.5 Å². The molecule has 2 fully saturated rings. The molecule has 5 aromatic rings. The summed E-state index contributed by atoms with van der Waals surface area (Å²) < 4.78 is 56.0. The van der Waals surface area contributed by atoms with Gasteiger partial charge in [-0.3, -0.25) is 9.88 Å². The second-order valence-corrected chi connectivity index (χ2v) is 12.9. The normalized spacial score (nSPS) is 21.7. The number of halogens is 3. The summed E-state index contributed by atoms with van der Waals surface area (Å²) in [7, 11) is 1.27. The highest BCUT2D eigenvalue weighted by molar-refractivity contribution is 6.30. The van der Waals surface area contributed by atoms with Crippen molar-refractivity contribution in [3.05, 3.63) is 112 Å². The van der Waals surface area contributed by atoms with Crippen molar-refractivity contribution in [1.82, 2.24) is 19.4 Å². The number of para-hydroxylation sites is 1. The topological polar surface area (TPSA) is 91.2 Å². The Labute approximate surface area is 285 Å². The number of anilines is 1. The minimum absolute atomic E-state index is 0.0193. The Hall–Kier alpha value is -4.78. The third-order valence-corrected chi connectivity index (χ3v) is 9.76. The molecule has 8 rings (SSSR count). The fourth-order valence-corrected chi connectivity index (χ4v) is 7.32. The van der Waals surface area contributed by atoms with Crippen LogP contribution in [0.1, 0.15) is 34.2 Å². The number of esters is 1. The van der Waals surface area contributed by atoms with Crippen molar-refractivity contribution in [2.24, 2.45) is 0 Å². The van der Waals surface area contributed by atoms with Crippen LogP contribution in [-0.4, -0.2) is 70.9 Å². The van der Waals surface area contributed by atoms with E-state index in [1.807, 2.05) is 34.9 Å². The average molecular weight is 688 g/mol. The van der Waals surface area contributed by atoms with Crippen molar-refractivity contribution in [2.45, 2.75) is 37.9 Å². The van der Waals surface area contributed by atoms with Crippen molar-refractivity contribution < 1.29 is 32.5 Å². The molecule has 0 spiro atoms. The zero-order chi connectivity index (χ0) is 33.9. The molecule has 3 atom stereocenters. The van der Waals surface area contributed by atoms with Crippen LogP contribution in [0.5, 0.6) is 11.5 Å². The number of hydrogen-bond donors (Lipinski definition) is 0. The summed E-state index contributed by atoms with van der Waals surface area (Å²) in [4.78, 5) is 26.0. The number of imidazole rings is 1. The molecule has 2 saturated heterocycles. The van der Waals surface area contributed by atoms with E-state index in [2.05, 4.69) is 14.8 Å². The molecule has 2 aromatic heterocycles. The van der Waals surface area contributed by atoms with Gasteiger partial charge in [-0.1, -0.05) is 23.7 Å². The quantitative estimate of drug-likeness (QED) is 0.193. The first kappa shape index (κ1) is 31.5.